The molecule has 1 N–H and O–H groups in total. The van der Waals surface area contributed by atoms with Crippen LogP contribution in [0.15, 0.2) is 59.7 Å². The first-order valence-electron chi connectivity index (χ1n) is 6.75. The summed E-state index contributed by atoms with van der Waals surface area (Å²) >= 11 is 0. The maximum absolute atomic E-state index is 12.4. The molecule has 23 heavy (non-hydrogen) atoms. The summed E-state index contributed by atoms with van der Waals surface area (Å²) in [5.41, 5.74) is 9.52. The van der Waals surface area contributed by atoms with Crippen LogP contribution in [0.2, 0.25) is 0 Å². The van der Waals surface area contributed by atoms with E-state index in [1.165, 1.54) is 19.2 Å². The maximum Gasteiger partial charge on any atom is 0.333 e. The van der Waals surface area contributed by atoms with Crippen LogP contribution in [0.4, 0.5) is 5.69 Å². The minimum Gasteiger partial charge on any atom is -0.467 e. The number of hydrogen-bond acceptors (Lipinski definition) is 4. The number of hydrogen-bond donors (Lipinski definition) is 1. The molecule has 0 fully saturated rings. The SMILES string of the molecule is COC(=O)[C@@H](NC(=O)c1ccccc1N=[N+]=[N-])c1ccccc1. The Labute approximate surface area is 132 Å². The smallest absolute Gasteiger partial charge is 0.333 e. The normalized spacial score (nSPS) is 11.0. The van der Waals surface area contributed by atoms with E-state index in [2.05, 4.69) is 15.3 Å². The van der Waals surface area contributed by atoms with Gasteiger partial charge >= 0.3 is 5.97 Å². The predicted octanol–water partition coefficient (Wildman–Crippen LogP) is 3.27. The number of ether oxygens (including phenoxy) is 1. The Morgan fingerprint density at radius 2 is 1.78 bits per heavy atom. The van der Waals surface area contributed by atoms with Crippen molar-refractivity contribution in [2.75, 3.05) is 7.11 Å². The van der Waals surface area contributed by atoms with E-state index in [1.54, 1.807) is 42.5 Å². The molecule has 1 amide bonds. The van der Waals surface area contributed by atoms with Crippen LogP contribution in [0.5, 0.6) is 0 Å². The zero-order valence-electron chi connectivity index (χ0n) is 12.3. The zero-order valence-corrected chi connectivity index (χ0v) is 12.3. The van der Waals surface area contributed by atoms with Crippen molar-refractivity contribution in [2.24, 2.45) is 5.11 Å². The summed E-state index contributed by atoms with van der Waals surface area (Å²) < 4.78 is 4.75. The topological polar surface area (TPSA) is 104 Å². The fraction of sp³-hybridized carbons (Fsp3) is 0.125. The maximum atomic E-state index is 12.4. The minimum absolute atomic E-state index is 0.176. The quantitative estimate of drug-likeness (QED) is 0.396. The average Bonchev–Trinajstić information content (AvgIpc) is 2.60. The van der Waals surface area contributed by atoms with Crippen LogP contribution in [0.3, 0.4) is 0 Å². The molecule has 0 unspecified atom stereocenters. The van der Waals surface area contributed by atoms with E-state index in [0.717, 1.165) is 0 Å². The zero-order chi connectivity index (χ0) is 16.7. The second kappa shape index (κ2) is 7.63. The first kappa shape index (κ1) is 16.1. The molecule has 0 aliphatic heterocycles. The predicted molar refractivity (Wildman–Crippen MR) is 83.9 cm³/mol. The second-order valence-electron chi connectivity index (χ2n) is 4.55. The van der Waals surface area contributed by atoms with Crippen molar-refractivity contribution in [3.63, 3.8) is 0 Å². The molecule has 0 aliphatic carbocycles. The Hall–Kier alpha value is -3.31. The Balaban J connectivity index is 2.32. The summed E-state index contributed by atoms with van der Waals surface area (Å²) in [6.45, 7) is 0. The average molecular weight is 310 g/mol. The van der Waals surface area contributed by atoms with Gasteiger partial charge in [0.15, 0.2) is 6.04 Å². The van der Waals surface area contributed by atoms with E-state index >= 15 is 0 Å². The van der Waals surface area contributed by atoms with Gasteiger partial charge in [0.1, 0.15) is 0 Å². The van der Waals surface area contributed by atoms with E-state index in [0.29, 0.717) is 5.56 Å². The van der Waals surface area contributed by atoms with Crippen LogP contribution in [0.1, 0.15) is 22.0 Å². The molecule has 7 heteroatoms. The molecule has 116 valence electrons. The van der Waals surface area contributed by atoms with Gasteiger partial charge in [-0.15, -0.1) is 0 Å². The van der Waals surface area contributed by atoms with Gasteiger partial charge in [-0.25, -0.2) is 4.79 Å². The number of carbonyl (C=O) groups excluding carboxylic acids is 2. The van der Waals surface area contributed by atoms with Gasteiger partial charge in [-0.2, -0.15) is 0 Å². The van der Waals surface area contributed by atoms with E-state index < -0.39 is 17.9 Å². The van der Waals surface area contributed by atoms with Crippen LogP contribution in [-0.4, -0.2) is 19.0 Å². The first-order chi connectivity index (χ1) is 11.2. The number of carbonyl (C=O) groups is 2. The monoisotopic (exact) mass is 310 g/mol. The molecular formula is C16H14N4O3. The standard InChI is InChI=1S/C16H14N4O3/c1-23-16(22)14(11-7-3-2-4-8-11)18-15(21)12-9-5-6-10-13(12)19-20-17/h2-10,14H,1H3,(H,18,21)/t14-/m0/s1. The van der Waals surface area contributed by atoms with Crippen molar-refractivity contribution < 1.29 is 14.3 Å². The third-order valence-corrected chi connectivity index (χ3v) is 3.15. The van der Waals surface area contributed by atoms with Crippen molar-refractivity contribution in [1.82, 2.24) is 5.32 Å². The van der Waals surface area contributed by atoms with Gasteiger partial charge in [0.2, 0.25) is 0 Å². The highest BCUT2D eigenvalue weighted by Crippen LogP contribution is 2.21. The van der Waals surface area contributed by atoms with Crippen LogP contribution in [0.25, 0.3) is 10.4 Å². The third-order valence-electron chi connectivity index (χ3n) is 3.15. The molecule has 0 aromatic heterocycles. The number of nitrogens with one attached hydrogen (secondary N) is 1. The van der Waals surface area contributed by atoms with Gasteiger partial charge in [0.25, 0.3) is 5.91 Å². The van der Waals surface area contributed by atoms with E-state index in [9.17, 15) is 9.59 Å². The largest absolute Gasteiger partial charge is 0.467 e. The molecule has 0 spiro atoms. The number of azide groups is 1. The van der Waals surface area contributed by atoms with Crippen molar-refractivity contribution in [1.29, 1.82) is 0 Å². The van der Waals surface area contributed by atoms with Gasteiger partial charge < -0.3 is 10.1 Å². The molecule has 0 saturated carbocycles. The summed E-state index contributed by atoms with van der Waals surface area (Å²) in [6.07, 6.45) is 0. The molecule has 0 bridgehead atoms. The molecule has 7 nitrogen and oxygen atoms in total. The summed E-state index contributed by atoms with van der Waals surface area (Å²) in [6, 6.07) is 14.1. The van der Waals surface area contributed by atoms with Gasteiger partial charge in [-0.1, -0.05) is 53.6 Å². The first-order valence-corrected chi connectivity index (χ1v) is 6.75. The van der Waals surface area contributed by atoms with E-state index in [4.69, 9.17) is 10.3 Å². The number of esters is 1. The molecule has 0 radical (unpaired) electrons. The lowest BCUT2D eigenvalue weighted by Gasteiger charge is -2.17. The van der Waals surface area contributed by atoms with E-state index in [-0.39, 0.29) is 11.3 Å². The highest BCUT2D eigenvalue weighted by molar-refractivity contribution is 6.00. The van der Waals surface area contributed by atoms with Crippen molar-refractivity contribution in [3.8, 4) is 0 Å². The fourth-order valence-corrected chi connectivity index (χ4v) is 2.05. The summed E-state index contributed by atoms with van der Waals surface area (Å²) in [5, 5.41) is 6.08. The fourth-order valence-electron chi connectivity index (χ4n) is 2.05. The second-order valence-corrected chi connectivity index (χ2v) is 4.55. The molecule has 2 rings (SSSR count). The number of nitrogens with zero attached hydrogens (tertiary/aromatic N) is 3. The third kappa shape index (κ3) is 3.87. The minimum atomic E-state index is -0.951. The molecule has 0 heterocycles. The van der Waals surface area contributed by atoms with Crippen molar-refractivity contribution in [2.45, 2.75) is 6.04 Å². The molecular weight excluding hydrogens is 296 g/mol. The molecule has 2 aromatic carbocycles. The highest BCUT2D eigenvalue weighted by Gasteiger charge is 2.24. The number of methoxy groups -OCH3 is 1. The Kier molecular flexibility index (Phi) is 5.33. The molecule has 1 atom stereocenters. The van der Waals surface area contributed by atoms with E-state index in [1.807, 2.05) is 0 Å². The number of amides is 1. The van der Waals surface area contributed by atoms with Crippen molar-refractivity contribution in [3.05, 3.63) is 76.2 Å². The number of benzene rings is 2. The molecule has 0 saturated heterocycles. The Morgan fingerprint density at radius 1 is 1.13 bits per heavy atom. The lowest BCUT2D eigenvalue weighted by Crippen LogP contribution is -2.34. The Morgan fingerprint density at radius 3 is 2.43 bits per heavy atom. The lowest BCUT2D eigenvalue weighted by molar-refractivity contribution is -0.143. The van der Waals surface area contributed by atoms with Gasteiger partial charge in [-0.05, 0) is 17.2 Å². The Bertz CT molecular complexity index is 755. The summed E-state index contributed by atoms with van der Waals surface area (Å²) in [7, 11) is 1.25. The highest BCUT2D eigenvalue weighted by atomic mass is 16.5. The molecule has 2 aromatic rings. The summed E-state index contributed by atoms with van der Waals surface area (Å²) in [5.74, 6) is -1.13. The van der Waals surface area contributed by atoms with Crippen molar-refractivity contribution >= 4 is 17.6 Å². The van der Waals surface area contributed by atoms with Crippen LogP contribution >= 0.6 is 0 Å². The molecule has 0 aliphatic rings. The van der Waals surface area contributed by atoms with Crippen LogP contribution < -0.4 is 5.32 Å². The van der Waals surface area contributed by atoms with Crippen LogP contribution in [-0.2, 0) is 9.53 Å². The number of rotatable bonds is 5. The van der Waals surface area contributed by atoms with Crippen LogP contribution in [0, 0.1) is 0 Å². The van der Waals surface area contributed by atoms with Gasteiger partial charge in [0.05, 0.1) is 12.8 Å². The van der Waals surface area contributed by atoms with Gasteiger partial charge in [-0.3, -0.25) is 4.79 Å². The summed E-state index contributed by atoms with van der Waals surface area (Å²) in [4.78, 5) is 27.1. The lowest BCUT2D eigenvalue weighted by atomic mass is 10.1. The van der Waals surface area contributed by atoms with Gasteiger partial charge in [0, 0.05) is 10.5 Å².